The van der Waals surface area contributed by atoms with E-state index in [4.69, 9.17) is 30.4 Å². The van der Waals surface area contributed by atoms with Crippen LogP contribution in [0.3, 0.4) is 0 Å². The standard InChI is InChI=1S/C6H8O6.O2/c7-1-2(8)5-3(9)4(10)6(11)12-5;1-2/h2,5,7-10H,1H2;/t2-,5+;/m0./s1. The topological polar surface area (TPSA) is 141 Å². The summed E-state index contributed by atoms with van der Waals surface area (Å²) in [6.45, 7) is -0.671. The van der Waals surface area contributed by atoms with Gasteiger partial charge in [-0.25, -0.2) is 4.79 Å². The normalized spacial score (nSPS) is 22.4. The molecule has 0 saturated carbocycles. The summed E-state index contributed by atoms with van der Waals surface area (Å²) in [5.41, 5.74) is 0. The average Bonchev–Trinajstić information content (AvgIpc) is 2.48. The first kappa shape index (κ1) is 12.3. The molecule has 80 valence electrons. The molecule has 1 aliphatic heterocycles. The predicted molar refractivity (Wildman–Crippen MR) is 42.0 cm³/mol. The number of hydrogen-bond acceptors (Lipinski definition) is 8. The smallest absolute Gasteiger partial charge is 0.377 e. The summed E-state index contributed by atoms with van der Waals surface area (Å²) in [7, 11) is 0. The van der Waals surface area contributed by atoms with Crippen LogP contribution in [0.4, 0.5) is 0 Å². The molecule has 1 rings (SSSR count). The number of hydrogen-bond donors (Lipinski definition) is 4. The van der Waals surface area contributed by atoms with E-state index in [1.807, 2.05) is 0 Å². The Labute approximate surface area is 77.3 Å². The Morgan fingerprint density at radius 2 is 1.86 bits per heavy atom. The summed E-state index contributed by atoms with van der Waals surface area (Å²) in [5, 5.41) is 35.0. The Balaban J connectivity index is 0.000000791. The van der Waals surface area contributed by atoms with Gasteiger partial charge in [-0.3, -0.25) is 0 Å². The van der Waals surface area contributed by atoms with Crippen molar-refractivity contribution in [3.8, 4) is 0 Å². The van der Waals surface area contributed by atoms with Crippen molar-refractivity contribution in [2.75, 3.05) is 6.61 Å². The highest BCUT2D eigenvalue weighted by atomic mass is 16.7. The highest BCUT2D eigenvalue weighted by Gasteiger charge is 2.38. The van der Waals surface area contributed by atoms with E-state index in [1.165, 1.54) is 0 Å². The van der Waals surface area contributed by atoms with Gasteiger partial charge in [-0.2, -0.15) is 0 Å². The first-order valence-corrected chi connectivity index (χ1v) is 3.36. The fourth-order valence-electron chi connectivity index (χ4n) is 0.823. The molecule has 0 bridgehead atoms. The molecule has 0 aromatic carbocycles. The molecule has 0 fully saturated rings. The lowest BCUT2D eigenvalue weighted by Crippen LogP contribution is -2.31. The van der Waals surface area contributed by atoms with Crippen molar-refractivity contribution in [3.63, 3.8) is 0 Å². The van der Waals surface area contributed by atoms with Gasteiger partial charge in [-0.15, -0.1) is 0 Å². The van der Waals surface area contributed by atoms with Crippen LogP contribution in [-0.2, 0) is 9.53 Å². The summed E-state index contributed by atoms with van der Waals surface area (Å²) >= 11 is 0. The lowest BCUT2D eigenvalue weighted by Gasteiger charge is -2.13. The largest absolute Gasteiger partial charge is 0.505 e. The van der Waals surface area contributed by atoms with E-state index in [0.717, 1.165) is 0 Å². The van der Waals surface area contributed by atoms with Crippen LogP contribution in [0, 0.1) is 9.93 Å². The third kappa shape index (κ3) is 2.18. The van der Waals surface area contributed by atoms with Gasteiger partial charge in [0.1, 0.15) is 6.10 Å². The lowest BCUT2D eigenvalue weighted by atomic mass is 10.2. The first-order chi connectivity index (χ1) is 6.57. The Bertz CT molecular complexity index is 246. The molecule has 0 amide bonds. The third-order valence-electron chi connectivity index (χ3n) is 1.48. The fourth-order valence-corrected chi connectivity index (χ4v) is 0.823. The van der Waals surface area contributed by atoms with Gasteiger partial charge in [0.15, 0.2) is 11.9 Å². The van der Waals surface area contributed by atoms with Crippen molar-refractivity contribution < 1.29 is 30.0 Å². The van der Waals surface area contributed by atoms with E-state index in [2.05, 4.69) is 4.74 Å². The maximum absolute atomic E-state index is 10.5. The maximum atomic E-state index is 10.5. The first-order valence-electron chi connectivity index (χ1n) is 3.36. The summed E-state index contributed by atoms with van der Waals surface area (Å²) in [6.07, 6.45) is -2.78. The van der Waals surface area contributed by atoms with E-state index < -0.39 is 36.3 Å². The minimum absolute atomic E-state index is 0.671. The molecule has 0 radical (unpaired) electrons. The molecule has 8 nitrogen and oxygen atoms in total. The second-order valence-electron chi connectivity index (χ2n) is 2.31. The molecule has 8 heteroatoms. The minimum atomic E-state index is -1.42. The van der Waals surface area contributed by atoms with Crippen LogP contribution in [0.2, 0.25) is 0 Å². The highest BCUT2D eigenvalue weighted by molar-refractivity contribution is 5.89. The number of aliphatic hydroxyl groups excluding tert-OH is 4. The zero-order valence-electron chi connectivity index (χ0n) is 6.78. The molecule has 1 heterocycles. The van der Waals surface area contributed by atoms with Crippen molar-refractivity contribution in [2.24, 2.45) is 0 Å². The number of cyclic esters (lactones) is 1. The number of esters is 1. The van der Waals surface area contributed by atoms with Crippen LogP contribution in [0.15, 0.2) is 11.5 Å². The van der Waals surface area contributed by atoms with Crippen molar-refractivity contribution in [1.29, 1.82) is 0 Å². The van der Waals surface area contributed by atoms with Gasteiger partial charge in [0.2, 0.25) is 5.76 Å². The van der Waals surface area contributed by atoms with Gasteiger partial charge in [0.05, 0.1) is 6.61 Å². The number of rotatable bonds is 2. The van der Waals surface area contributed by atoms with Gasteiger partial charge in [0, 0.05) is 9.93 Å². The van der Waals surface area contributed by atoms with Gasteiger partial charge in [0.25, 0.3) is 0 Å². The number of carbonyl (C=O) groups excluding carboxylic acids is 1. The van der Waals surface area contributed by atoms with Gasteiger partial charge in [-0.1, -0.05) is 0 Å². The molecular formula is C6H8O8. The van der Waals surface area contributed by atoms with Crippen molar-refractivity contribution in [1.82, 2.24) is 0 Å². The molecular weight excluding hydrogens is 200 g/mol. The Kier molecular flexibility index (Phi) is 4.53. The monoisotopic (exact) mass is 208 g/mol. The molecule has 2 atom stereocenters. The third-order valence-corrected chi connectivity index (χ3v) is 1.48. The molecule has 0 unspecified atom stereocenters. The maximum Gasteiger partial charge on any atom is 0.377 e. The molecule has 0 saturated heterocycles. The summed E-state index contributed by atoms with van der Waals surface area (Å²) in [5.74, 6) is -2.78. The second-order valence-corrected chi connectivity index (χ2v) is 2.31. The number of ether oxygens (including phenoxy) is 1. The van der Waals surface area contributed by atoms with Crippen molar-refractivity contribution in [2.45, 2.75) is 12.2 Å². The summed E-state index contributed by atoms with van der Waals surface area (Å²) in [6, 6.07) is 0. The lowest BCUT2D eigenvalue weighted by molar-refractivity contribution is -0.147. The zero-order chi connectivity index (χ0) is 11.3. The quantitative estimate of drug-likeness (QED) is 0.408. The van der Waals surface area contributed by atoms with Crippen LogP contribution in [0.25, 0.3) is 0 Å². The number of aliphatic hydroxyl groups is 4. The fraction of sp³-hybridized carbons (Fsp3) is 0.500. The Morgan fingerprint density at radius 1 is 1.36 bits per heavy atom. The van der Waals surface area contributed by atoms with E-state index in [1.54, 1.807) is 0 Å². The highest BCUT2D eigenvalue weighted by Crippen LogP contribution is 2.20. The van der Waals surface area contributed by atoms with Crippen LogP contribution in [-0.4, -0.2) is 45.2 Å². The SMILES string of the molecule is O=C1O[C@H]([C@@H](O)CO)C(O)=C1O.O=O. The molecule has 4 N–H and O–H groups in total. The summed E-state index contributed by atoms with van der Waals surface area (Å²) in [4.78, 5) is 24.5. The average molecular weight is 208 g/mol. The van der Waals surface area contributed by atoms with E-state index in [0.29, 0.717) is 0 Å². The molecule has 1 aliphatic rings. The zero-order valence-corrected chi connectivity index (χ0v) is 6.78. The van der Waals surface area contributed by atoms with Gasteiger partial charge in [-0.05, 0) is 0 Å². The second kappa shape index (κ2) is 5.14. The summed E-state index contributed by atoms with van der Waals surface area (Å²) < 4.78 is 4.32. The van der Waals surface area contributed by atoms with Crippen LogP contribution < -0.4 is 0 Å². The van der Waals surface area contributed by atoms with Gasteiger partial charge >= 0.3 is 5.97 Å². The molecule has 0 aromatic heterocycles. The number of carbonyl (C=O) groups is 1. The van der Waals surface area contributed by atoms with Gasteiger partial charge < -0.3 is 25.2 Å². The van der Waals surface area contributed by atoms with E-state index in [-0.39, 0.29) is 0 Å². The molecule has 0 aromatic rings. The van der Waals surface area contributed by atoms with E-state index in [9.17, 15) is 4.79 Å². The van der Waals surface area contributed by atoms with E-state index >= 15 is 0 Å². The Morgan fingerprint density at radius 3 is 2.14 bits per heavy atom. The molecule has 14 heavy (non-hydrogen) atoms. The van der Waals surface area contributed by atoms with Crippen LogP contribution >= 0.6 is 0 Å². The molecule has 0 aliphatic carbocycles. The minimum Gasteiger partial charge on any atom is -0.505 e. The molecule has 0 spiro atoms. The van der Waals surface area contributed by atoms with Crippen molar-refractivity contribution in [3.05, 3.63) is 21.4 Å². The van der Waals surface area contributed by atoms with Crippen LogP contribution in [0.1, 0.15) is 0 Å². The Hall–Kier alpha value is -1.67. The van der Waals surface area contributed by atoms with Crippen molar-refractivity contribution >= 4 is 5.97 Å². The predicted octanol–water partition coefficient (Wildman–Crippen LogP) is -1.34. The van der Waals surface area contributed by atoms with Crippen LogP contribution in [0.5, 0.6) is 0 Å².